The first kappa shape index (κ1) is 13.1. The normalized spacial score (nSPS) is 28.1. The van der Waals surface area contributed by atoms with E-state index in [1.165, 1.54) is 6.42 Å². The Morgan fingerprint density at radius 2 is 2.33 bits per heavy atom. The molecular weight excluding hydrogens is 228 g/mol. The molecule has 18 heavy (non-hydrogen) atoms. The molecule has 2 rings (SSSR count). The summed E-state index contributed by atoms with van der Waals surface area (Å²) in [4.78, 5) is 12.2. The van der Waals surface area contributed by atoms with Crippen molar-refractivity contribution < 1.29 is 9.21 Å². The molecule has 0 saturated heterocycles. The lowest BCUT2D eigenvalue weighted by Gasteiger charge is -2.42. The van der Waals surface area contributed by atoms with Gasteiger partial charge in [-0.2, -0.15) is 0 Å². The van der Waals surface area contributed by atoms with E-state index in [9.17, 15) is 4.79 Å². The van der Waals surface area contributed by atoms with Crippen molar-refractivity contribution in [2.24, 2.45) is 11.7 Å². The van der Waals surface area contributed by atoms with Crippen molar-refractivity contribution in [2.45, 2.75) is 45.1 Å². The molecule has 1 fully saturated rings. The summed E-state index contributed by atoms with van der Waals surface area (Å²) >= 11 is 0. The van der Waals surface area contributed by atoms with E-state index >= 15 is 0 Å². The number of hydrogen-bond acceptors (Lipinski definition) is 3. The smallest absolute Gasteiger partial charge is 0.287 e. The number of hydrogen-bond donors (Lipinski definition) is 2. The third kappa shape index (κ3) is 2.43. The Kier molecular flexibility index (Phi) is 3.76. The SMILES string of the molecule is Cc1ccc(C(=O)NC2(CN)CCCCC2C)o1. The van der Waals surface area contributed by atoms with Gasteiger partial charge in [0.05, 0.1) is 5.54 Å². The maximum absolute atomic E-state index is 12.2. The number of nitrogens with one attached hydrogen (secondary N) is 1. The molecule has 1 heterocycles. The van der Waals surface area contributed by atoms with Gasteiger partial charge in [-0.25, -0.2) is 0 Å². The number of nitrogens with two attached hydrogens (primary N) is 1. The lowest BCUT2D eigenvalue weighted by molar-refractivity contribution is 0.0783. The van der Waals surface area contributed by atoms with Gasteiger partial charge in [0.15, 0.2) is 5.76 Å². The molecule has 3 N–H and O–H groups in total. The van der Waals surface area contributed by atoms with Gasteiger partial charge in [0.1, 0.15) is 5.76 Å². The Morgan fingerprint density at radius 1 is 1.56 bits per heavy atom. The largest absolute Gasteiger partial charge is 0.456 e. The summed E-state index contributed by atoms with van der Waals surface area (Å²) in [6, 6.07) is 3.51. The molecular formula is C14H22N2O2. The van der Waals surface area contributed by atoms with Crippen LogP contribution in [0.4, 0.5) is 0 Å². The Morgan fingerprint density at radius 3 is 2.89 bits per heavy atom. The van der Waals surface area contributed by atoms with Crippen molar-refractivity contribution in [2.75, 3.05) is 6.54 Å². The first-order valence-electron chi connectivity index (χ1n) is 6.66. The van der Waals surface area contributed by atoms with E-state index < -0.39 is 0 Å². The fourth-order valence-electron chi connectivity index (χ4n) is 2.80. The van der Waals surface area contributed by atoms with Gasteiger partial charge in [0.25, 0.3) is 5.91 Å². The van der Waals surface area contributed by atoms with Crippen LogP contribution in [0.5, 0.6) is 0 Å². The van der Waals surface area contributed by atoms with E-state index in [-0.39, 0.29) is 11.4 Å². The van der Waals surface area contributed by atoms with Gasteiger partial charge in [0, 0.05) is 6.54 Å². The highest BCUT2D eigenvalue weighted by atomic mass is 16.3. The second-order valence-electron chi connectivity index (χ2n) is 5.37. The molecule has 2 unspecified atom stereocenters. The Hall–Kier alpha value is -1.29. The standard InChI is InChI=1S/C14H22N2O2/c1-10-5-3-4-8-14(10,9-15)16-13(17)12-7-6-11(2)18-12/h6-7,10H,3-5,8-9,15H2,1-2H3,(H,16,17). The molecule has 4 nitrogen and oxygen atoms in total. The van der Waals surface area contributed by atoms with Crippen LogP contribution >= 0.6 is 0 Å². The number of furan rings is 1. The molecule has 0 aliphatic heterocycles. The predicted octanol–water partition coefficient (Wildman–Crippen LogP) is 2.23. The molecule has 2 atom stereocenters. The van der Waals surface area contributed by atoms with Crippen LogP contribution in [0.1, 0.15) is 48.9 Å². The number of amides is 1. The Labute approximate surface area is 108 Å². The molecule has 1 aliphatic carbocycles. The first-order chi connectivity index (χ1) is 8.57. The van der Waals surface area contributed by atoms with E-state index in [4.69, 9.17) is 10.2 Å². The molecule has 1 aromatic rings. The topological polar surface area (TPSA) is 68.3 Å². The average Bonchev–Trinajstić information content (AvgIpc) is 2.79. The summed E-state index contributed by atoms with van der Waals surface area (Å²) in [6.07, 6.45) is 4.42. The lowest BCUT2D eigenvalue weighted by Crippen LogP contribution is -2.59. The van der Waals surface area contributed by atoms with Crippen LogP contribution in [0.15, 0.2) is 16.5 Å². The molecule has 1 amide bonds. The first-order valence-corrected chi connectivity index (χ1v) is 6.66. The molecule has 4 heteroatoms. The van der Waals surface area contributed by atoms with Crippen LogP contribution < -0.4 is 11.1 Å². The van der Waals surface area contributed by atoms with Crippen molar-refractivity contribution in [3.05, 3.63) is 23.7 Å². The second kappa shape index (κ2) is 5.14. The Bertz CT molecular complexity index is 427. The predicted molar refractivity (Wildman–Crippen MR) is 70.3 cm³/mol. The lowest BCUT2D eigenvalue weighted by atomic mass is 9.73. The van der Waals surface area contributed by atoms with Crippen molar-refractivity contribution in [3.8, 4) is 0 Å². The summed E-state index contributed by atoms with van der Waals surface area (Å²) in [5.41, 5.74) is 5.65. The molecule has 100 valence electrons. The highest BCUT2D eigenvalue weighted by Gasteiger charge is 2.38. The summed E-state index contributed by atoms with van der Waals surface area (Å²) in [7, 11) is 0. The summed E-state index contributed by atoms with van der Waals surface area (Å²) < 4.78 is 5.36. The summed E-state index contributed by atoms with van der Waals surface area (Å²) in [5, 5.41) is 3.10. The minimum absolute atomic E-state index is 0.151. The minimum Gasteiger partial charge on any atom is -0.456 e. The van der Waals surface area contributed by atoms with Gasteiger partial charge >= 0.3 is 0 Å². The van der Waals surface area contributed by atoms with Gasteiger partial charge < -0.3 is 15.5 Å². The number of carbonyl (C=O) groups is 1. The Balaban J connectivity index is 2.12. The van der Waals surface area contributed by atoms with Crippen molar-refractivity contribution in [1.29, 1.82) is 0 Å². The highest BCUT2D eigenvalue weighted by molar-refractivity contribution is 5.92. The molecule has 0 aromatic carbocycles. The van der Waals surface area contributed by atoms with Gasteiger partial charge in [-0.15, -0.1) is 0 Å². The van der Waals surface area contributed by atoms with Crippen LogP contribution in [0.3, 0.4) is 0 Å². The summed E-state index contributed by atoms with van der Waals surface area (Å²) in [5.74, 6) is 1.38. The highest BCUT2D eigenvalue weighted by Crippen LogP contribution is 2.33. The maximum Gasteiger partial charge on any atom is 0.287 e. The monoisotopic (exact) mass is 250 g/mol. The van der Waals surface area contributed by atoms with E-state index in [0.717, 1.165) is 25.0 Å². The molecule has 0 bridgehead atoms. The van der Waals surface area contributed by atoms with Gasteiger partial charge in [0.2, 0.25) is 0 Å². The van der Waals surface area contributed by atoms with Crippen molar-refractivity contribution in [3.63, 3.8) is 0 Å². The molecule has 0 radical (unpaired) electrons. The maximum atomic E-state index is 12.2. The van der Waals surface area contributed by atoms with Crippen LogP contribution in [0.25, 0.3) is 0 Å². The minimum atomic E-state index is -0.268. The van der Waals surface area contributed by atoms with Gasteiger partial charge in [-0.05, 0) is 37.8 Å². The molecule has 1 saturated carbocycles. The summed E-state index contributed by atoms with van der Waals surface area (Å²) in [6.45, 7) is 4.48. The number of carbonyl (C=O) groups excluding carboxylic acids is 1. The van der Waals surface area contributed by atoms with Gasteiger partial charge in [-0.1, -0.05) is 19.8 Å². The van der Waals surface area contributed by atoms with Crippen LogP contribution in [-0.4, -0.2) is 18.0 Å². The molecule has 1 aromatic heterocycles. The zero-order valence-corrected chi connectivity index (χ0v) is 11.2. The third-order valence-corrected chi connectivity index (χ3v) is 4.14. The van der Waals surface area contributed by atoms with Crippen molar-refractivity contribution in [1.82, 2.24) is 5.32 Å². The molecule has 1 aliphatic rings. The fourth-order valence-corrected chi connectivity index (χ4v) is 2.80. The number of aryl methyl sites for hydroxylation is 1. The van der Waals surface area contributed by atoms with Gasteiger partial charge in [-0.3, -0.25) is 4.79 Å². The van der Waals surface area contributed by atoms with Crippen molar-refractivity contribution >= 4 is 5.91 Å². The quantitative estimate of drug-likeness (QED) is 0.864. The zero-order chi connectivity index (χ0) is 13.2. The van der Waals surface area contributed by atoms with E-state index in [2.05, 4.69) is 12.2 Å². The van der Waals surface area contributed by atoms with Crippen LogP contribution in [0, 0.1) is 12.8 Å². The number of rotatable bonds is 3. The third-order valence-electron chi connectivity index (χ3n) is 4.14. The van der Waals surface area contributed by atoms with Crippen LogP contribution in [0.2, 0.25) is 0 Å². The van der Waals surface area contributed by atoms with E-state index in [1.807, 2.05) is 6.92 Å². The average molecular weight is 250 g/mol. The molecule has 0 spiro atoms. The zero-order valence-electron chi connectivity index (χ0n) is 11.2. The van der Waals surface area contributed by atoms with Crippen LogP contribution in [-0.2, 0) is 0 Å². The fraction of sp³-hybridized carbons (Fsp3) is 0.643. The van der Waals surface area contributed by atoms with E-state index in [1.54, 1.807) is 12.1 Å². The van der Waals surface area contributed by atoms with E-state index in [0.29, 0.717) is 18.2 Å². The second-order valence-corrected chi connectivity index (χ2v) is 5.37.